The average molecular weight is 232 g/mol. The summed E-state index contributed by atoms with van der Waals surface area (Å²) in [7, 11) is 1.95. The maximum absolute atomic E-state index is 11.0. The molecule has 16 heavy (non-hydrogen) atoms. The molecule has 0 spiro atoms. The fraction of sp³-hybridized carbons (Fsp3) is 0.900. The number of hydrazine groups is 1. The summed E-state index contributed by atoms with van der Waals surface area (Å²) < 4.78 is 4.82. The van der Waals surface area contributed by atoms with E-state index in [9.17, 15) is 4.79 Å². The molecule has 0 aliphatic carbocycles. The van der Waals surface area contributed by atoms with Gasteiger partial charge in [0.15, 0.2) is 0 Å². The lowest BCUT2D eigenvalue weighted by Crippen LogP contribution is -2.31. The highest BCUT2D eigenvalue weighted by molar-refractivity contribution is 5.66. The van der Waals surface area contributed by atoms with Crippen molar-refractivity contribution in [2.24, 2.45) is 5.84 Å². The lowest BCUT2D eigenvalue weighted by molar-refractivity contribution is 0.146. The van der Waals surface area contributed by atoms with Crippen LogP contribution in [0.2, 0.25) is 0 Å². The van der Waals surface area contributed by atoms with Gasteiger partial charge in [0.2, 0.25) is 0 Å². The van der Waals surface area contributed by atoms with Gasteiger partial charge in [0.05, 0.1) is 0 Å². The van der Waals surface area contributed by atoms with Crippen LogP contribution in [-0.4, -0.2) is 39.4 Å². The fourth-order valence-electron chi connectivity index (χ4n) is 1.22. The first kappa shape index (κ1) is 15.2. The van der Waals surface area contributed by atoms with Crippen LogP contribution in [0.15, 0.2) is 0 Å². The van der Waals surface area contributed by atoms with Crippen LogP contribution >= 0.6 is 0 Å². The summed E-state index contributed by atoms with van der Waals surface area (Å²) >= 11 is 0. The molecule has 0 saturated heterocycles. The predicted octanol–water partition coefficient (Wildman–Crippen LogP) is -0.0443. The topological polar surface area (TPSA) is 88.4 Å². The number of nitrogens with two attached hydrogens (primary N) is 1. The second-order valence-electron chi connectivity index (χ2n) is 3.53. The Kier molecular flexibility index (Phi) is 11.6. The van der Waals surface area contributed by atoms with Gasteiger partial charge in [-0.1, -0.05) is 12.8 Å². The molecule has 96 valence electrons. The number of hydrogen-bond donors (Lipinski definition) is 4. The number of ether oxygens (including phenoxy) is 1. The van der Waals surface area contributed by atoms with Gasteiger partial charge < -0.3 is 15.4 Å². The van der Waals surface area contributed by atoms with E-state index in [1.54, 1.807) is 0 Å². The molecule has 0 aromatic carbocycles. The van der Waals surface area contributed by atoms with Gasteiger partial charge >= 0.3 is 6.09 Å². The normalized spacial score (nSPS) is 10.1. The number of amides is 1. The Bertz CT molecular complexity index is 167. The molecule has 6 heteroatoms. The molecule has 0 unspecified atom stereocenters. The van der Waals surface area contributed by atoms with Crippen LogP contribution in [0.1, 0.15) is 25.7 Å². The predicted molar refractivity (Wildman–Crippen MR) is 63.9 cm³/mol. The molecule has 0 bridgehead atoms. The van der Waals surface area contributed by atoms with Gasteiger partial charge in [-0.25, -0.2) is 4.79 Å². The van der Waals surface area contributed by atoms with Crippen molar-refractivity contribution >= 4 is 6.09 Å². The monoisotopic (exact) mass is 232 g/mol. The Morgan fingerprint density at radius 3 is 2.44 bits per heavy atom. The molecule has 0 radical (unpaired) electrons. The Hall–Kier alpha value is -0.850. The maximum Gasteiger partial charge on any atom is 0.407 e. The molecule has 0 aliphatic heterocycles. The zero-order valence-electron chi connectivity index (χ0n) is 10.1. The van der Waals surface area contributed by atoms with Crippen molar-refractivity contribution in [1.29, 1.82) is 0 Å². The number of alkyl carbamates (subject to hydrolysis) is 1. The summed E-state index contributed by atoms with van der Waals surface area (Å²) in [5.41, 5.74) is 2.41. The fourth-order valence-corrected chi connectivity index (χ4v) is 1.22. The van der Waals surface area contributed by atoms with Crippen LogP contribution in [0.4, 0.5) is 4.79 Å². The number of hydrogen-bond acceptors (Lipinski definition) is 5. The third kappa shape index (κ3) is 11.2. The minimum absolute atomic E-state index is 0.296. The van der Waals surface area contributed by atoms with E-state index < -0.39 is 0 Å². The maximum atomic E-state index is 11.0. The highest BCUT2D eigenvalue weighted by Crippen LogP contribution is 1.97. The van der Waals surface area contributed by atoms with Gasteiger partial charge in [-0.05, 0) is 26.4 Å². The first-order chi connectivity index (χ1) is 7.81. The second kappa shape index (κ2) is 12.2. The Balaban J connectivity index is 3.09. The summed E-state index contributed by atoms with van der Waals surface area (Å²) in [5, 5.41) is 5.79. The molecular formula is C10H24N4O2. The number of unbranched alkanes of at least 4 members (excludes halogenated alkanes) is 3. The van der Waals surface area contributed by atoms with Gasteiger partial charge in [0.25, 0.3) is 0 Å². The molecule has 0 aromatic heterocycles. The second-order valence-corrected chi connectivity index (χ2v) is 3.53. The smallest absolute Gasteiger partial charge is 0.407 e. The van der Waals surface area contributed by atoms with Gasteiger partial charge in [-0.3, -0.25) is 11.3 Å². The highest BCUT2D eigenvalue weighted by atomic mass is 16.5. The lowest BCUT2D eigenvalue weighted by atomic mass is 10.2. The first-order valence-electron chi connectivity index (χ1n) is 5.80. The van der Waals surface area contributed by atoms with E-state index in [1.165, 1.54) is 12.8 Å². The van der Waals surface area contributed by atoms with Gasteiger partial charge in [0.1, 0.15) is 6.61 Å². The molecule has 6 nitrogen and oxygen atoms in total. The van der Waals surface area contributed by atoms with Crippen LogP contribution in [0.3, 0.4) is 0 Å². The van der Waals surface area contributed by atoms with E-state index in [4.69, 9.17) is 10.6 Å². The van der Waals surface area contributed by atoms with Gasteiger partial charge in [0, 0.05) is 13.1 Å². The average Bonchev–Trinajstić information content (AvgIpc) is 2.28. The van der Waals surface area contributed by atoms with Crippen LogP contribution < -0.4 is 21.9 Å². The van der Waals surface area contributed by atoms with E-state index >= 15 is 0 Å². The summed E-state index contributed by atoms with van der Waals surface area (Å²) in [6.45, 7) is 2.50. The summed E-state index contributed by atoms with van der Waals surface area (Å²) in [5.74, 6) is 5.03. The quantitative estimate of drug-likeness (QED) is 0.241. The molecule has 0 atom stereocenters. The standard InChI is InChI=1S/C10H24N4O2/c1-12-6-4-2-3-5-7-13-10(15)16-9-8-14-11/h12,14H,2-9,11H2,1H3,(H,13,15). The Morgan fingerprint density at radius 1 is 1.12 bits per heavy atom. The lowest BCUT2D eigenvalue weighted by Gasteiger charge is -2.06. The molecule has 0 aliphatic rings. The zero-order chi connectivity index (χ0) is 12.1. The van der Waals surface area contributed by atoms with Crippen LogP contribution in [-0.2, 0) is 4.74 Å². The molecular weight excluding hydrogens is 208 g/mol. The van der Waals surface area contributed by atoms with Crippen molar-refractivity contribution < 1.29 is 9.53 Å². The van der Waals surface area contributed by atoms with Crippen molar-refractivity contribution in [2.45, 2.75) is 25.7 Å². The Labute approximate surface area is 97.3 Å². The van der Waals surface area contributed by atoms with Gasteiger partial charge in [-0.2, -0.15) is 0 Å². The minimum atomic E-state index is -0.370. The molecule has 1 amide bonds. The minimum Gasteiger partial charge on any atom is -0.448 e. The first-order valence-corrected chi connectivity index (χ1v) is 5.80. The molecule has 5 N–H and O–H groups in total. The number of rotatable bonds is 10. The van der Waals surface area contributed by atoms with Crippen molar-refractivity contribution in [3.63, 3.8) is 0 Å². The van der Waals surface area contributed by atoms with E-state index in [1.807, 2.05) is 7.05 Å². The van der Waals surface area contributed by atoms with Crippen molar-refractivity contribution in [3.05, 3.63) is 0 Å². The largest absolute Gasteiger partial charge is 0.448 e. The summed E-state index contributed by atoms with van der Waals surface area (Å²) in [6, 6.07) is 0. The molecule has 0 saturated carbocycles. The van der Waals surface area contributed by atoms with Crippen molar-refractivity contribution in [2.75, 3.05) is 33.3 Å². The molecule has 0 fully saturated rings. The molecule has 0 rings (SSSR count). The van der Waals surface area contributed by atoms with Crippen molar-refractivity contribution in [3.8, 4) is 0 Å². The van der Waals surface area contributed by atoms with Crippen molar-refractivity contribution in [1.82, 2.24) is 16.1 Å². The van der Waals surface area contributed by atoms with E-state index in [-0.39, 0.29) is 6.09 Å². The highest BCUT2D eigenvalue weighted by Gasteiger charge is 1.99. The van der Waals surface area contributed by atoms with E-state index in [0.717, 1.165) is 19.4 Å². The SMILES string of the molecule is CNCCCCCCNC(=O)OCCNN. The van der Waals surface area contributed by atoms with Crippen LogP contribution in [0.5, 0.6) is 0 Å². The van der Waals surface area contributed by atoms with Gasteiger partial charge in [-0.15, -0.1) is 0 Å². The molecule has 0 aromatic rings. The number of nitrogens with one attached hydrogen (secondary N) is 3. The van der Waals surface area contributed by atoms with E-state index in [2.05, 4.69) is 16.1 Å². The summed E-state index contributed by atoms with van der Waals surface area (Å²) in [4.78, 5) is 11.0. The third-order valence-electron chi connectivity index (χ3n) is 2.10. The molecule has 0 heterocycles. The number of carbonyl (C=O) groups excluding carboxylic acids is 1. The third-order valence-corrected chi connectivity index (χ3v) is 2.10. The Morgan fingerprint density at radius 2 is 1.81 bits per heavy atom. The zero-order valence-corrected chi connectivity index (χ0v) is 10.1. The number of carbonyl (C=O) groups is 1. The van der Waals surface area contributed by atoms with Crippen LogP contribution in [0.25, 0.3) is 0 Å². The summed E-state index contributed by atoms with van der Waals surface area (Å²) in [6.07, 6.45) is 4.13. The van der Waals surface area contributed by atoms with Crippen LogP contribution in [0, 0.1) is 0 Å². The van der Waals surface area contributed by atoms with E-state index in [0.29, 0.717) is 19.7 Å².